The van der Waals surface area contributed by atoms with Gasteiger partial charge in [-0.2, -0.15) is 0 Å². The molecule has 1 atom stereocenters. The van der Waals surface area contributed by atoms with Gasteiger partial charge in [-0.15, -0.1) is 0 Å². The first-order valence-corrected chi connectivity index (χ1v) is 10.0. The molecule has 1 amide bonds. The fourth-order valence-corrected chi connectivity index (χ4v) is 4.30. The molecule has 1 unspecified atom stereocenters. The Kier molecular flexibility index (Phi) is 5.59. The Balaban J connectivity index is 1.77. The van der Waals surface area contributed by atoms with E-state index >= 15 is 0 Å². The van der Waals surface area contributed by atoms with E-state index in [0.717, 1.165) is 0 Å². The summed E-state index contributed by atoms with van der Waals surface area (Å²) in [5.74, 6) is 0.587. The zero-order chi connectivity index (χ0) is 19.6. The first kappa shape index (κ1) is 19.5. The molecule has 1 aliphatic heterocycles. The van der Waals surface area contributed by atoms with Crippen LogP contribution in [0.2, 0.25) is 5.02 Å². The zero-order valence-electron chi connectivity index (χ0n) is 14.8. The van der Waals surface area contributed by atoms with Gasteiger partial charge in [0.1, 0.15) is 0 Å². The maximum Gasteiger partial charge on any atom is 0.241 e. The van der Waals surface area contributed by atoms with Crippen molar-refractivity contribution >= 4 is 33.2 Å². The fraction of sp³-hybridized carbons (Fsp3) is 0.278. The Morgan fingerprint density at radius 1 is 1.07 bits per heavy atom. The summed E-state index contributed by atoms with van der Waals surface area (Å²) in [6.07, 6.45) is 0.0785. The standard InChI is InChI=1S/C18H19ClN2O5S/c1-25-16-8-7-15(10-17(16)26-2)27(23,24)20-13-9-18(22)21(11-13)14-5-3-12(19)4-6-14/h3-8,10,13,20H,9,11H2,1-2H3. The highest BCUT2D eigenvalue weighted by Crippen LogP contribution is 2.30. The number of methoxy groups -OCH3 is 2. The molecule has 0 spiro atoms. The Morgan fingerprint density at radius 3 is 2.37 bits per heavy atom. The van der Waals surface area contributed by atoms with Crippen LogP contribution < -0.4 is 19.1 Å². The second-order valence-corrected chi connectivity index (χ2v) is 8.17. The molecule has 0 bridgehead atoms. The minimum absolute atomic E-state index is 0.0394. The predicted molar refractivity (Wildman–Crippen MR) is 102 cm³/mol. The lowest BCUT2D eigenvalue weighted by atomic mass is 10.3. The van der Waals surface area contributed by atoms with Gasteiger partial charge in [-0.25, -0.2) is 13.1 Å². The molecule has 0 aromatic heterocycles. The fourth-order valence-electron chi connectivity index (χ4n) is 2.93. The molecule has 1 saturated heterocycles. The number of hydrogen-bond acceptors (Lipinski definition) is 5. The molecular formula is C18H19ClN2O5S. The lowest BCUT2D eigenvalue weighted by Gasteiger charge is -2.17. The first-order valence-electron chi connectivity index (χ1n) is 8.14. The summed E-state index contributed by atoms with van der Waals surface area (Å²) in [5, 5.41) is 0.566. The van der Waals surface area contributed by atoms with E-state index in [0.29, 0.717) is 22.2 Å². The summed E-state index contributed by atoms with van der Waals surface area (Å²) in [5.41, 5.74) is 0.678. The van der Waals surface area contributed by atoms with Gasteiger partial charge in [0.05, 0.1) is 19.1 Å². The third-order valence-corrected chi connectivity index (χ3v) is 6.02. The molecule has 1 N–H and O–H groups in total. The number of hydrogen-bond donors (Lipinski definition) is 1. The van der Waals surface area contributed by atoms with Crippen molar-refractivity contribution in [3.05, 3.63) is 47.5 Å². The van der Waals surface area contributed by atoms with Gasteiger partial charge < -0.3 is 14.4 Å². The van der Waals surface area contributed by atoms with Gasteiger partial charge in [0.25, 0.3) is 0 Å². The molecule has 2 aromatic rings. The number of amides is 1. The minimum Gasteiger partial charge on any atom is -0.493 e. The number of rotatable bonds is 6. The maximum atomic E-state index is 12.7. The summed E-state index contributed by atoms with van der Waals surface area (Å²) < 4.78 is 38.3. The molecule has 27 heavy (non-hydrogen) atoms. The number of sulfonamides is 1. The van der Waals surface area contributed by atoms with E-state index in [1.807, 2.05) is 0 Å². The third-order valence-electron chi connectivity index (χ3n) is 4.25. The van der Waals surface area contributed by atoms with E-state index in [9.17, 15) is 13.2 Å². The summed E-state index contributed by atoms with van der Waals surface area (Å²) in [4.78, 5) is 13.9. The number of halogens is 1. The van der Waals surface area contributed by atoms with Crippen LogP contribution in [0.15, 0.2) is 47.4 Å². The molecule has 0 saturated carbocycles. The SMILES string of the molecule is COc1ccc(S(=O)(=O)NC2CC(=O)N(c3ccc(Cl)cc3)C2)cc1OC. The molecule has 0 radical (unpaired) electrons. The van der Waals surface area contributed by atoms with Crippen LogP contribution in [0.3, 0.4) is 0 Å². The number of ether oxygens (including phenoxy) is 2. The smallest absolute Gasteiger partial charge is 0.241 e. The number of anilines is 1. The van der Waals surface area contributed by atoms with Crippen LogP contribution >= 0.6 is 11.6 Å². The van der Waals surface area contributed by atoms with Crippen LogP contribution in [-0.4, -0.2) is 41.1 Å². The first-order chi connectivity index (χ1) is 12.8. The molecule has 3 rings (SSSR count). The quantitative estimate of drug-likeness (QED) is 0.790. The maximum absolute atomic E-state index is 12.7. The number of carbonyl (C=O) groups is 1. The Hall–Kier alpha value is -2.29. The summed E-state index contributed by atoms with van der Waals surface area (Å²) >= 11 is 5.87. The number of carbonyl (C=O) groups excluding carboxylic acids is 1. The third kappa shape index (κ3) is 4.18. The topological polar surface area (TPSA) is 84.9 Å². The Labute approximate surface area is 162 Å². The van der Waals surface area contributed by atoms with Crippen molar-refractivity contribution in [2.24, 2.45) is 0 Å². The molecule has 1 fully saturated rings. The van der Waals surface area contributed by atoms with Gasteiger partial charge in [-0.3, -0.25) is 4.79 Å². The van der Waals surface area contributed by atoms with Crippen LogP contribution in [0.1, 0.15) is 6.42 Å². The van der Waals surface area contributed by atoms with Crippen molar-refractivity contribution in [2.45, 2.75) is 17.4 Å². The molecule has 0 aliphatic carbocycles. The van der Waals surface area contributed by atoms with Crippen LogP contribution in [-0.2, 0) is 14.8 Å². The summed E-state index contributed by atoms with van der Waals surface area (Å²) in [6, 6.07) is 10.6. The van der Waals surface area contributed by atoms with E-state index in [1.54, 1.807) is 24.3 Å². The van der Waals surface area contributed by atoms with Gasteiger partial charge in [-0.05, 0) is 36.4 Å². The van der Waals surface area contributed by atoms with Gasteiger partial charge in [0, 0.05) is 35.8 Å². The summed E-state index contributed by atoms with van der Waals surface area (Å²) in [6.45, 7) is 0.243. The summed E-state index contributed by atoms with van der Waals surface area (Å²) in [7, 11) is -0.919. The normalized spacial score (nSPS) is 17.2. The van der Waals surface area contributed by atoms with Crippen LogP contribution in [0.5, 0.6) is 11.5 Å². The van der Waals surface area contributed by atoms with Gasteiger partial charge in [0.15, 0.2) is 11.5 Å². The molecule has 144 valence electrons. The van der Waals surface area contributed by atoms with Gasteiger partial charge in [0.2, 0.25) is 15.9 Å². The number of nitrogens with one attached hydrogen (secondary N) is 1. The van der Waals surface area contributed by atoms with Crippen LogP contribution in [0.25, 0.3) is 0 Å². The molecule has 2 aromatic carbocycles. The average molecular weight is 411 g/mol. The second kappa shape index (κ2) is 7.75. The van der Waals surface area contributed by atoms with E-state index in [1.165, 1.54) is 37.3 Å². The lowest BCUT2D eigenvalue weighted by Crippen LogP contribution is -2.37. The van der Waals surface area contributed by atoms with E-state index in [-0.39, 0.29) is 23.8 Å². The van der Waals surface area contributed by atoms with E-state index < -0.39 is 16.1 Å². The largest absolute Gasteiger partial charge is 0.493 e. The molecule has 7 nitrogen and oxygen atoms in total. The highest BCUT2D eigenvalue weighted by atomic mass is 35.5. The highest BCUT2D eigenvalue weighted by molar-refractivity contribution is 7.89. The Bertz CT molecular complexity index is 947. The van der Waals surface area contributed by atoms with Crippen molar-refractivity contribution in [3.63, 3.8) is 0 Å². The van der Waals surface area contributed by atoms with Gasteiger partial charge in [-0.1, -0.05) is 11.6 Å². The molecule has 1 heterocycles. The molecule has 1 aliphatic rings. The van der Waals surface area contributed by atoms with Gasteiger partial charge >= 0.3 is 0 Å². The molecule has 9 heteroatoms. The van der Waals surface area contributed by atoms with Crippen molar-refractivity contribution in [1.82, 2.24) is 4.72 Å². The van der Waals surface area contributed by atoms with E-state index in [2.05, 4.69) is 4.72 Å². The number of benzene rings is 2. The second-order valence-electron chi connectivity index (χ2n) is 6.02. The number of nitrogens with zero attached hydrogens (tertiary/aromatic N) is 1. The lowest BCUT2D eigenvalue weighted by molar-refractivity contribution is -0.117. The Morgan fingerprint density at radius 2 is 1.74 bits per heavy atom. The minimum atomic E-state index is -3.82. The van der Waals surface area contributed by atoms with E-state index in [4.69, 9.17) is 21.1 Å². The van der Waals surface area contributed by atoms with Crippen LogP contribution in [0, 0.1) is 0 Å². The highest BCUT2D eigenvalue weighted by Gasteiger charge is 2.33. The average Bonchev–Trinajstić information content (AvgIpc) is 3.01. The predicted octanol–water partition coefficient (Wildman–Crippen LogP) is 2.44. The molecular weight excluding hydrogens is 392 g/mol. The zero-order valence-corrected chi connectivity index (χ0v) is 16.4. The van der Waals surface area contributed by atoms with Crippen molar-refractivity contribution in [3.8, 4) is 11.5 Å². The monoisotopic (exact) mass is 410 g/mol. The van der Waals surface area contributed by atoms with Crippen molar-refractivity contribution in [1.29, 1.82) is 0 Å². The van der Waals surface area contributed by atoms with Crippen molar-refractivity contribution in [2.75, 3.05) is 25.7 Å². The van der Waals surface area contributed by atoms with Crippen molar-refractivity contribution < 1.29 is 22.7 Å². The van der Waals surface area contributed by atoms with Crippen LogP contribution in [0.4, 0.5) is 5.69 Å².